The third-order valence-corrected chi connectivity index (χ3v) is 5.84. The first-order chi connectivity index (χ1) is 10.6. The number of hydrogen-bond donors (Lipinski definition) is 1. The van der Waals surface area contributed by atoms with Crippen LogP contribution in [0.3, 0.4) is 0 Å². The second-order valence-electron chi connectivity index (χ2n) is 5.45. The van der Waals surface area contributed by atoms with Gasteiger partial charge in [-0.25, -0.2) is 17.4 Å². The Morgan fingerprint density at radius 2 is 2.32 bits per heavy atom. The number of sulfonamides is 1. The molecule has 120 valence electrons. The van der Waals surface area contributed by atoms with Gasteiger partial charge >= 0.3 is 0 Å². The second kappa shape index (κ2) is 6.53. The molecule has 1 atom stereocenters. The number of H-pyrrole nitrogens is 1. The molecule has 0 saturated carbocycles. The Labute approximate surface area is 128 Å². The molecule has 1 fully saturated rings. The summed E-state index contributed by atoms with van der Waals surface area (Å²) in [5, 5.41) is 17.7. The van der Waals surface area contributed by atoms with Crippen molar-refractivity contribution >= 4 is 10.0 Å². The second-order valence-corrected chi connectivity index (χ2v) is 7.54. The molecule has 1 N–H and O–H groups in total. The molecule has 2 aromatic heterocycles. The summed E-state index contributed by atoms with van der Waals surface area (Å²) in [6.07, 6.45) is 5.55. The quantitative estimate of drug-likeness (QED) is 0.800. The lowest BCUT2D eigenvalue weighted by Crippen LogP contribution is -2.40. The standard InChI is InChI=1S/C12H19N7O2S/c20-22(21,8-2-6-18-10-14-16-17-18)19-7-1-3-11(9-19)12-4-5-13-15-12/h4-5,10-11H,1-3,6-9H2,(H,13,15). The smallest absolute Gasteiger partial charge is 0.214 e. The van der Waals surface area contributed by atoms with E-state index in [-0.39, 0.29) is 11.7 Å². The number of nitrogens with one attached hydrogen (secondary N) is 1. The number of aromatic amines is 1. The molecule has 3 heterocycles. The fraction of sp³-hybridized carbons (Fsp3) is 0.667. The van der Waals surface area contributed by atoms with Crippen molar-refractivity contribution in [2.45, 2.75) is 31.7 Å². The van der Waals surface area contributed by atoms with Gasteiger partial charge in [0, 0.05) is 37.4 Å². The lowest BCUT2D eigenvalue weighted by molar-refractivity contribution is 0.312. The van der Waals surface area contributed by atoms with Gasteiger partial charge in [0.25, 0.3) is 0 Å². The van der Waals surface area contributed by atoms with Crippen LogP contribution in [0.5, 0.6) is 0 Å². The van der Waals surface area contributed by atoms with Gasteiger partial charge in [0.1, 0.15) is 6.33 Å². The van der Waals surface area contributed by atoms with Crippen molar-refractivity contribution in [3.8, 4) is 0 Å². The highest BCUT2D eigenvalue weighted by Gasteiger charge is 2.29. The largest absolute Gasteiger partial charge is 0.282 e. The van der Waals surface area contributed by atoms with Crippen LogP contribution in [0.1, 0.15) is 30.9 Å². The number of aryl methyl sites for hydroxylation is 1. The third-order valence-electron chi connectivity index (χ3n) is 3.92. The van der Waals surface area contributed by atoms with E-state index in [2.05, 4.69) is 25.7 Å². The molecule has 1 saturated heterocycles. The van der Waals surface area contributed by atoms with E-state index in [4.69, 9.17) is 0 Å². The van der Waals surface area contributed by atoms with E-state index in [9.17, 15) is 8.42 Å². The summed E-state index contributed by atoms with van der Waals surface area (Å²) in [7, 11) is -3.24. The number of tetrazole rings is 1. The van der Waals surface area contributed by atoms with E-state index in [1.54, 1.807) is 15.2 Å². The number of aromatic nitrogens is 6. The fourth-order valence-electron chi connectivity index (χ4n) is 2.76. The minimum atomic E-state index is -3.24. The van der Waals surface area contributed by atoms with E-state index in [1.807, 2.05) is 6.07 Å². The minimum Gasteiger partial charge on any atom is -0.282 e. The van der Waals surface area contributed by atoms with E-state index in [0.29, 0.717) is 26.1 Å². The predicted octanol–water partition coefficient (Wildman–Crippen LogP) is -0.00430. The van der Waals surface area contributed by atoms with Crippen LogP contribution in [0.4, 0.5) is 0 Å². The number of hydrogen-bond acceptors (Lipinski definition) is 6. The molecule has 0 aromatic carbocycles. The predicted molar refractivity (Wildman–Crippen MR) is 78.4 cm³/mol. The molecule has 0 spiro atoms. The monoisotopic (exact) mass is 325 g/mol. The molecule has 22 heavy (non-hydrogen) atoms. The van der Waals surface area contributed by atoms with Gasteiger partial charge in [-0.1, -0.05) is 0 Å². The number of rotatable bonds is 6. The maximum absolute atomic E-state index is 12.5. The molecule has 0 amide bonds. The molecule has 0 aliphatic carbocycles. The van der Waals surface area contributed by atoms with Gasteiger partial charge in [0.05, 0.1) is 5.75 Å². The minimum absolute atomic E-state index is 0.114. The lowest BCUT2D eigenvalue weighted by atomic mass is 9.96. The van der Waals surface area contributed by atoms with Crippen molar-refractivity contribution < 1.29 is 8.42 Å². The zero-order valence-corrected chi connectivity index (χ0v) is 13.0. The maximum atomic E-state index is 12.5. The Kier molecular flexibility index (Phi) is 4.48. The molecule has 0 radical (unpaired) electrons. The van der Waals surface area contributed by atoms with Gasteiger partial charge in [-0.3, -0.25) is 5.10 Å². The van der Waals surface area contributed by atoms with E-state index < -0.39 is 10.0 Å². The molecular formula is C12H19N7O2S. The third kappa shape index (κ3) is 3.50. The molecule has 0 bridgehead atoms. The van der Waals surface area contributed by atoms with Gasteiger partial charge in [-0.2, -0.15) is 5.10 Å². The van der Waals surface area contributed by atoms with Crippen molar-refractivity contribution in [3.63, 3.8) is 0 Å². The Morgan fingerprint density at radius 3 is 3.05 bits per heavy atom. The summed E-state index contributed by atoms with van der Waals surface area (Å²) < 4.78 is 28.1. The fourth-order valence-corrected chi connectivity index (χ4v) is 4.33. The Hall–Kier alpha value is -1.81. The molecule has 1 aliphatic heterocycles. The maximum Gasteiger partial charge on any atom is 0.214 e. The van der Waals surface area contributed by atoms with Crippen LogP contribution >= 0.6 is 0 Å². The average Bonchev–Trinajstić information content (AvgIpc) is 3.21. The molecule has 3 rings (SSSR count). The first-order valence-electron chi connectivity index (χ1n) is 7.33. The summed E-state index contributed by atoms with van der Waals surface area (Å²) in [5.41, 5.74) is 1.01. The summed E-state index contributed by atoms with van der Waals surface area (Å²) in [6, 6.07) is 1.92. The van der Waals surface area contributed by atoms with Gasteiger partial charge in [0.2, 0.25) is 10.0 Å². The molecular weight excluding hydrogens is 306 g/mol. The van der Waals surface area contributed by atoms with Crippen LogP contribution in [-0.4, -0.2) is 62.0 Å². The van der Waals surface area contributed by atoms with Crippen LogP contribution in [-0.2, 0) is 16.6 Å². The van der Waals surface area contributed by atoms with Crippen molar-refractivity contribution in [1.29, 1.82) is 0 Å². The topological polar surface area (TPSA) is 110 Å². The van der Waals surface area contributed by atoms with Gasteiger partial charge in [-0.15, -0.1) is 5.10 Å². The molecule has 9 nitrogen and oxygen atoms in total. The summed E-state index contributed by atoms with van der Waals surface area (Å²) >= 11 is 0. The highest BCUT2D eigenvalue weighted by Crippen LogP contribution is 2.27. The highest BCUT2D eigenvalue weighted by molar-refractivity contribution is 7.89. The number of piperidine rings is 1. The summed E-state index contributed by atoms with van der Waals surface area (Å²) in [4.78, 5) is 0. The Morgan fingerprint density at radius 1 is 1.41 bits per heavy atom. The Balaban J connectivity index is 1.56. The van der Waals surface area contributed by atoms with Crippen LogP contribution in [0.2, 0.25) is 0 Å². The first-order valence-corrected chi connectivity index (χ1v) is 8.94. The summed E-state index contributed by atoms with van der Waals surface area (Å²) in [6.45, 7) is 1.62. The number of nitrogens with zero attached hydrogens (tertiary/aromatic N) is 6. The zero-order valence-electron chi connectivity index (χ0n) is 12.2. The van der Waals surface area contributed by atoms with Crippen LogP contribution in [0, 0.1) is 0 Å². The van der Waals surface area contributed by atoms with Crippen molar-refractivity contribution in [2.24, 2.45) is 0 Å². The Bertz CT molecular complexity index is 668. The van der Waals surface area contributed by atoms with Gasteiger partial charge in [0.15, 0.2) is 0 Å². The molecule has 10 heteroatoms. The van der Waals surface area contributed by atoms with Gasteiger partial charge < -0.3 is 0 Å². The van der Waals surface area contributed by atoms with Crippen molar-refractivity contribution in [1.82, 2.24) is 34.7 Å². The van der Waals surface area contributed by atoms with Gasteiger partial charge in [-0.05, 0) is 35.8 Å². The molecule has 1 aliphatic rings. The first kappa shape index (κ1) is 15.1. The van der Waals surface area contributed by atoms with Crippen LogP contribution < -0.4 is 0 Å². The lowest BCUT2D eigenvalue weighted by Gasteiger charge is -2.31. The zero-order chi connectivity index (χ0) is 15.4. The van der Waals surface area contributed by atoms with E-state index in [0.717, 1.165) is 18.5 Å². The highest BCUT2D eigenvalue weighted by atomic mass is 32.2. The molecule has 2 aromatic rings. The van der Waals surface area contributed by atoms with Crippen LogP contribution in [0.25, 0.3) is 0 Å². The summed E-state index contributed by atoms with van der Waals surface area (Å²) in [5.74, 6) is 0.313. The van der Waals surface area contributed by atoms with Crippen LogP contribution in [0.15, 0.2) is 18.6 Å². The molecule has 1 unspecified atom stereocenters. The van der Waals surface area contributed by atoms with E-state index in [1.165, 1.54) is 6.33 Å². The van der Waals surface area contributed by atoms with Crippen molar-refractivity contribution in [2.75, 3.05) is 18.8 Å². The van der Waals surface area contributed by atoms with Crippen molar-refractivity contribution in [3.05, 3.63) is 24.3 Å². The normalized spacial score (nSPS) is 20.3. The van der Waals surface area contributed by atoms with E-state index >= 15 is 0 Å². The average molecular weight is 325 g/mol. The SMILES string of the molecule is O=S(=O)(CCCn1cnnn1)N1CCCC(c2ccn[nH]2)C1.